The van der Waals surface area contributed by atoms with Crippen LogP contribution in [0.1, 0.15) is 26.3 Å². The van der Waals surface area contributed by atoms with Crippen LogP contribution in [0.15, 0.2) is 24.3 Å². The molecule has 0 aromatic heterocycles. The molecule has 0 radical (unpaired) electrons. The molecule has 0 aliphatic rings. The maximum Gasteiger partial charge on any atom is 0.352 e. The molecular weight excluding hydrogens is 230 g/mol. The van der Waals surface area contributed by atoms with Crippen molar-refractivity contribution in [2.24, 2.45) is 0 Å². The van der Waals surface area contributed by atoms with Gasteiger partial charge in [-0.1, -0.05) is 12.1 Å². The second-order valence-corrected chi connectivity index (χ2v) is 5.01. The fourth-order valence-electron chi connectivity index (χ4n) is 1.36. The van der Waals surface area contributed by atoms with E-state index in [9.17, 15) is 4.79 Å². The van der Waals surface area contributed by atoms with Crippen LogP contribution >= 0.6 is 0 Å². The van der Waals surface area contributed by atoms with E-state index in [1.165, 1.54) is 0 Å². The van der Waals surface area contributed by atoms with Crippen molar-refractivity contribution >= 4 is 11.7 Å². The third-order valence-electron chi connectivity index (χ3n) is 2.19. The Morgan fingerprint density at radius 3 is 2.22 bits per heavy atom. The number of nitrogens with one attached hydrogen (secondary N) is 1. The van der Waals surface area contributed by atoms with E-state index < -0.39 is 11.6 Å². The minimum Gasteiger partial charge on any atom is -0.497 e. The SMILES string of the molecule is COc1ccc(CC(=N)C(=O)OC(C)(C)C)cc1. The molecule has 0 spiro atoms. The Kier molecular flexibility index (Phi) is 4.48. The summed E-state index contributed by atoms with van der Waals surface area (Å²) in [5.74, 6) is 0.181. The molecule has 0 saturated heterocycles. The van der Waals surface area contributed by atoms with Crippen molar-refractivity contribution in [2.45, 2.75) is 32.8 Å². The Balaban J connectivity index is 2.61. The standard InChI is InChI=1S/C14H19NO3/c1-14(2,3)18-13(16)12(15)9-10-5-7-11(17-4)8-6-10/h5-8,15H,9H2,1-4H3. The van der Waals surface area contributed by atoms with Gasteiger partial charge in [0.1, 0.15) is 17.1 Å². The number of carbonyl (C=O) groups is 1. The summed E-state index contributed by atoms with van der Waals surface area (Å²) in [6.07, 6.45) is 0.263. The summed E-state index contributed by atoms with van der Waals surface area (Å²) in [4.78, 5) is 11.6. The minimum absolute atomic E-state index is 0.0462. The van der Waals surface area contributed by atoms with Crippen molar-refractivity contribution < 1.29 is 14.3 Å². The van der Waals surface area contributed by atoms with Gasteiger partial charge < -0.3 is 9.47 Å². The molecule has 0 aliphatic carbocycles. The lowest BCUT2D eigenvalue weighted by atomic mass is 10.1. The second-order valence-electron chi connectivity index (χ2n) is 5.01. The molecule has 0 fully saturated rings. The first-order chi connectivity index (χ1) is 8.31. The number of carbonyl (C=O) groups excluding carboxylic acids is 1. The van der Waals surface area contributed by atoms with Crippen LogP contribution in [-0.4, -0.2) is 24.4 Å². The van der Waals surface area contributed by atoms with Crippen molar-refractivity contribution in [3.05, 3.63) is 29.8 Å². The zero-order chi connectivity index (χ0) is 13.8. The van der Waals surface area contributed by atoms with Gasteiger partial charge in [0.15, 0.2) is 0 Å². The zero-order valence-corrected chi connectivity index (χ0v) is 11.2. The maximum atomic E-state index is 11.6. The van der Waals surface area contributed by atoms with Gasteiger partial charge in [-0.2, -0.15) is 0 Å². The van der Waals surface area contributed by atoms with Gasteiger partial charge in [0.25, 0.3) is 0 Å². The number of ether oxygens (including phenoxy) is 2. The van der Waals surface area contributed by atoms with Crippen molar-refractivity contribution in [1.29, 1.82) is 5.41 Å². The van der Waals surface area contributed by atoms with Gasteiger partial charge in [-0.15, -0.1) is 0 Å². The fraction of sp³-hybridized carbons (Fsp3) is 0.429. The van der Waals surface area contributed by atoms with Gasteiger partial charge in [-0.05, 0) is 38.5 Å². The first kappa shape index (κ1) is 14.2. The highest BCUT2D eigenvalue weighted by molar-refractivity contribution is 6.35. The lowest BCUT2D eigenvalue weighted by Gasteiger charge is -2.19. The molecule has 98 valence electrons. The lowest BCUT2D eigenvalue weighted by Crippen LogP contribution is -2.29. The summed E-state index contributed by atoms with van der Waals surface area (Å²) < 4.78 is 10.2. The number of hydrogen-bond donors (Lipinski definition) is 1. The summed E-state index contributed by atoms with van der Waals surface area (Å²) >= 11 is 0. The topological polar surface area (TPSA) is 59.4 Å². The van der Waals surface area contributed by atoms with Crippen LogP contribution < -0.4 is 4.74 Å². The van der Waals surface area contributed by atoms with Crippen molar-refractivity contribution in [2.75, 3.05) is 7.11 Å². The molecule has 0 aliphatic heterocycles. The van der Waals surface area contributed by atoms with Crippen LogP contribution in [0.4, 0.5) is 0 Å². The molecule has 0 heterocycles. The van der Waals surface area contributed by atoms with Gasteiger partial charge in [0.05, 0.1) is 7.11 Å². The van der Waals surface area contributed by atoms with Crippen LogP contribution in [0.5, 0.6) is 5.75 Å². The van der Waals surface area contributed by atoms with E-state index >= 15 is 0 Å². The molecule has 4 heteroatoms. The Hall–Kier alpha value is -1.84. The Labute approximate surface area is 107 Å². The van der Waals surface area contributed by atoms with Crippen LogP contribution in [0.25, 0.3) is 0 Å². The fourth-order valence-corrected chi connectivity index (χ4v) is 1.36. The van der Waals surface area contributed by atoms with Crippen LogP contribution in [0, 0.1) is 5.41 Å². The van der Waals surface area contributed by atoms with Gasteiger partial charge in [0.2, 0.25) is 0 Å². The van der Waals surface area contributed by atoms with E-state index in [2.05, 4.69) is 0 Å². The van der Waals surface area contributed by atoms with Crippen LogP contribution in [0.3, 0.4) is 0 Å². The first-order valence-electron chi connectivity index (χ1n) is 5.75. The third-order valence-corrected chi connectivity index (χ3v) is 2.19. The zero-order valence-electron chi connectivity index (χ0n) is 11.2. The second kappa shape index (κ2) is 5.67. The number of esters is 1. The summed E-state index contributed by atoms with van der Waals surface area (Å²) in [6.45, 7) is 5.35. The summed E-state index contributed by atoms with van der Waals surface area (Å²) in [5.41, 5.74) is 0.269. The van der Waals surface area contributed by atoms with Gasteiger partial charge in [-0.25, -0.2) is 4.79 Å². The highest BCUT2D eigenvalue weighted by Gasteiger charge is 2.19. The third kappa shape index (κ3) is 4.57. The molecule has 4 nitrogen and oxygen atoms in total. The normalized spacial score (nSPS) is 10.9. The van der Waals surface area contributed by atoms with E-state index in [1.54, 1.807) is 40.0 Å². The Morgan fingerprint density at radius 1 is 1.22 bits per heavy atom. The average molecular weight is 249 g/mol. The Bertz CT molecular complexity index is 429. The molecule has 18 heavy (non-hydrogen) atoms. The van der Waals surface area contributed by atoms with Crippen LogP contribution in [0.2, 0.25) is 0 Å². The molecule has 0 unspecified atom stereocenters. The molecule has 1 aromatic carbocycles. The maximum absolute atomic E-state index is 11.6. The molecule has 1 rings (SSSR count). The summed E-state index contributed by atoms with van der Waals surface area (Å²) in [6, 6.07) is 7.27. The number of benzene rings is 1. The van der Waals surface area contributed by atoms with E-state index in [1.807, 2.05) is 12.1 Å². The quantitative estimate of drug-likeness (QED) is 0.659. The smallest absolute Gasteiger partial charge is 0.352 e. The molecule has 0 saturated carbocycles. The van der Waals surface area contributed by atoms with Crippen LogP contribution in [-0.2, 0) is 16.0 Å². The number of rotatable bonds is 4. The summed E-state index contributed by atoms with van der Waals surface area (Å²) in [7, 11) is 1.59. The average Bonchev–Trinajstić information content (AvgIpc) is 2.27. The highest BCUT2D eigenvalue weighted by atomic mass is 16.6. The number of methoxy groups -OCH3 is 1. The molecule has 1 aromatic rings. The molecular formula is C14H19NO3. The Morgan fingerprint density at radius 2 is 1.78 bits per heavy atom. The molecule has 0 bridgehead atoms. The lowest BCUT2D eigenvalue weighted by molar-refractivity contribution is -0.146. The molecule has 0 amide bonds. The van der Waals surface area contributed by atoms with Crippen molar-refractivity contribution in [3.8, 4) is 5.75 Å². The number of hydrogen-bond acceptors (Lipinski definition) is 4. The van der Waals surface area contributed by atoms with Crippen molar-refractivity contribution in [3.63, 3.8) is 0 Å². The van der Waals surface area contributed by atoms with Gasteiger partial charge in [0, 0.05) is 6.42 Å². The van der Waals surface area contributed by atoms with E-state index in [0.717, 1.165) is 11.3 Å². The largest absolute Gasteiger partial charge is 0.497 e. The first-order valence-corrected chi connectivity index (χ1v) is 5.75. The monoisotopic (exact) mass is 249 g/mol. The predicted molar refractivity (Wildman–Crippen MR) is 70.3 cm³/mol. The summed E-state index contributed by atoms with van der Waals surface area (Å²) in [5, 5.41) is 7.70. The van der Waals surface area contributed by atoms with E-state index in [-0.39, 0.29) is 12.1 Å². The minimum atomic E-state index is -0.571. The molecule has 1 N–H and O–H groups in total. The van der Waals surface area contributed by atoms with Crippen molar-refractivity contribution in [1.82, 2.24) is 0 Å². The molecule has 0 atom stereocenters. The van der Waals surface area contributed by atoms with Gasteiger partial charge in [-0.3, -0.25) is 5.41 Å². The van der Waals surface area contributed by atoms with Gasteiger partial charge >= 0.3 is 5.97 Å². The highest BCUT2D eigenvalue weighted by Crippen LogP contribution is 2.13. The predicted octanol–water partition coefficient (Wildman–Crippen LogP) is 2.60. The van der Waals surface area contributed by atoms with E-state index in [0.29, 0.717) is 0 Å². The van der Waals surface area contributed by atoms with E-state index in [4.69, 9.17) is 14.9 Å².